The summed E-state index contributed by atoms with van der Waals surface area (Å²) in [6.45, 7) is 6.83. The summed E-state index contributed by atoms with van der Waals surface area (Å²) in [5.41, 5.74) is 2.43. The van der Waals surface area contributed by atoms with Crippen molar-refractivity contribution < 1.29 is 9.59 Å². The lowest BCUT2D eigenvalue weighted by Gasteiger charge is -2.30. The highest BCUT2D eigenvalue weighted by atomic mass is 32.2. The van der Waals surface area contributed by atoms with Crippen molar-refractivity contribution in [2.45, 2.75) is 39.2 Å². The largest absolute Gasteiger partial charge is 0.339 e. The van der Waals surface area contributed by atoms with Gasteiger partial charge in [-0.15, -0.1) is 0 Å². The third-order valence-electron chi connectivity index (χ3n) is 5.25. The number of piperidine rings is 1. The summed E-state index contributed by atoms with van der Waals surface area (Å²) in [5.74, 6) is 2.92. The number of rotatable bonds is 4. The van der Waals surface area contributed by atoms with Crippen LogP contribution in [0.3, 0.4) is 0 Å². The summed E-state index contributed by atoms with van der Waals surface area (Å²) in [7, 11) is 0. The van der Waals surface area contributed by atoms with E-state index >= 15 is 0 Å². The molecule has 142 valence electrons. The Bertz CT molecular complexity index is 650. The van der Waals surface area contributed by atoms with E-state index in [4.69, 9.17) is 0 Å². The average Bonchev–Trinajstić information content (AvgIpc) is 2.64. The third kappa shape index (κ3) is 5.01. The number of hydrogen-bond acceptors (Lipinski definition) is 4. The van der Waals surface area contributed by atoms with Crippen LogP contribution in [-0.4, -0.2) is 53.9 Å². The molecule has 1 unspecified atom stereocenters. The minimum Gasteiger partial charge on any atom is -0.339 e. The molecule has 0 saturated carbocycles. The van der Waals surface area contributed by atoms with Gasteiger partial charge in [-0.1, -0.05) is 6.92 Å². The van der Waals surface area contributed by atoms with Crippen LogP contribution in [-0.2, 0) is 4.79 Å². The topological polar surface area (TPSA) is 61.4 Å². The second-order valence-corrected chi connectivity index (χ2v) is 8.63. The number of carbonyl (C=O) groups is 2. The molecule has 0 bridgehead atoms. The third-order valence-corrected chi connectivity index (χ3v) is 6.38. The number of anilines is 1. The van der Waals surface area contributed by atoms with Gasteiger partial charge < -0.3 is 15.5 Å². The van der Waals surface area contributed by atoms with Gasteiger partial charge in [-0.2, -0.15) is 11.8 Å². The highest BCUT2D eigenvalue weighted by Crippen LogP contribution is 2.22. The van der Waals surface area contributed by atoms with Gasteiger partial charge in [0, 0.05) is 54.9 Å². The molecule has 2 amide bonds. The number of amides is 2. The second-order valence-electron chi connectivity index (χ2n) is 7.48. The molecule has 2 N–H and O–H groups in total. The van der Waals surface area contributed by atoms with Gasteiger partial charge in [0.2, 0.25) is 5.91 Å². The van der Waals surface area contributed by atoms with Crippen molar-refractivity contribution in [1.82, 2.24) is 10.2 Å². The molecule has 1 atom stereocenters. The Balaban J connectivity index is 1.58. The van der Waals surface area contributed by atoms with Gasteiger partial charge in [-0.05, 0) is 49.4 Å². The molecule has 0 spiro atoms. The smallest absolute Gasteiger partial charge is 0.253 e. The van der Waals surface area contributed by atoms with E-state index in [1.54, 1.807) is 0 Å². The quantitative estimate of drug-likeness (QED) is 0.849. The van der Waals surface area contributed by atoms with E-state index in [1.165, 1.54) is 0 Å². The number of likely N-dealkylation sites (tertiary alicyclic amines) is 1. The van der Waals surface area contributed by atoms with Crippen molar-refractivity contribution in [3.05, 3.63) is 29.3 Å². The number of thioether (sulfide) groups is 1. The normalized spacial score (nSPS) is 21.5. The van der Waals surface area contributed by atoms with Crippen molar-refractivity contribution >= 4 is 29.3 Å². The van der Waals surface area contributed by atoms with Gasteiger partial charge in [0.25, 0.3) is 5.91 Å². The van der Waals surface area contributed by atoms with Gasteiger partial charge in [-0.25, -0.2) is 0 Å². The first-order chi connectivity index (χ1) is 12.5. The number of aryl methyl sites for hydroxylation is 1. The Morgan fingerprint density at radius 1 is 1.31 bits per heavy atom. The maximum Gasteiger partial charge on any atom is 0.253 e. The molecule has 0 aromatic heterocycles. The summed E-state index contributed by atoms with van der Waals surface area (Å²) in [4.78, 5) is 26.9. The van der Waals surface area contributed by atoms with Crippen molar-refractivity contribution in [1.29, 1.82) is 0 Å². The lowest BCUT2D eigenvalue weighted by atomic mass is 9.98. The van der Waals surface area contributed by atoms with Crippen molar-refractivity contribution in [3.63, 3.8) is 0 Å². The molecule has 0 aliphatic carbocycles. The van der Waals surface area contributed by atoms with Crippen molar-refractivity contribution in [3.8, 4) is 0 Å². The lowest BCUT2D eigenvalue weighted by molar-refractivity contribution is -0.116. The van der Waals surface area contributed by atoms with Crippen LogP contribution in [0, 0.1) is 12.8 Å². The van der Waals surface area contributed by atoms with Gasteiger partial charge in [0.15, 0.2) is 0 Å². The van der Waals surface area contributed by atoms with E-state index in [0.717, 1.165) is 55.2 Å². The fourth-order valence-electron chi connectivity index (χ4n) is 3.51. The van der Waals surface area contributed by atoms with E-state index in [0.29, 0.717) is 17.9 Å². The molecule has 2 aliphatic rings. The van der Waals surface area contributed by atoms with Crippen LogP contribution in [0.15, 0.2) is 18.2 Å². The van der Waals surface area contributed by atoms with Crippen LogP contribution in [0.4, 0.5) is 5.69 Å². The summed E-state index contributed by atoms with van der Waals surface area (Å²) in [6.07, 6.45) is 2.64. The molecule has 3 rings (SSSR count). The van der Waals surface area contributed by atoms with Crippen LogP contribution in [0.1, 0.15) is 42.1 Å². The fraction of sp³-hybridized carbons (Fsp3) is 0.600. The number of benzene rings is 1. The Kier molecular flexibility index (Phi) is 6.59. The molecule has 1 aromatic rings. The van der Waals surface area contributed by atoms with E-state index in [1.807, 2.05) is 41.8 Å². The maximum absolute atomic E-state index is 12.7. The first-order valence-corrected chi connectivity index (χ1v) is 10.7. The van der Waals surface area contributed by atoms with Gasteiger partial charge in [0.1, 0.15) is 0 Å². The zero-order valence-corrected chi connectivity index (χ0v) is 16.5. The standard InChI is InChI=1S/C20H29N3O2S/c1-14-5-8-23(9-6-14)20(25)16-3-4-18(15(2)11-16)22-19(24)12-17-13-26-10-7-21-17/h3-4,11,14,17,21H,5-10,12-13H2,1-2H3,(H,22,24). The number of hydrogen-bond donors (Lipinski definition) is 2. The van der Waals surface area contributed by atoms with Crippen molar-refractivity contribution in [2.75, 3.05) is 36.5 Å². The monoisotopic (exact) mass is 375 g/mol. The summed E-state index contributed by atoms with van der Waals surface area (Å²) >= 11 is 1.89. The molecule has 2 fully saturated rings. The molecule has 2 saturated heterocycles. The van der Waals surface area contributed by atoms with Crippen LogP contribution >= 0.6 is 11.8 Å². The average molecular weight is 376 g/mol. The molecule has 26 heavy (non-hydrogen) atoms. The van der Waals surface area contributed by atoms with Gasteiger partial charge >= 0.3 is 0 Å². The first-order valence-electron chi connectivity index (χ1n) is 9.54. The molecular weight excluding hydrogens is 346 g/mol. The van der Waals surface area contributed by atoms with Crippen LogP contribution in [0.5, 0.6) is 0 Å². The summed E-state index contributed by atoms with van der Waals surface area (Å²) in [6, 6.07) is 5.83. The minimum atomic E-state index is 0.0252. The number of carbonyl (C=O) groups excluding carboxylic acids is 2. The maximum atomic E-state index is 12.7. The fourth-order valence-corrected chi connectivity index (χ4v) is 4.46. The van der Waals surface area contributed by atoms with E-state index in [-0.39, 0.29) is 17.9 Å². The molecule has 0 radical (unpaired) electrons. The Hall–Kier alpha value is -1.53. The molecule has 2 heterocycles. The second kappa shape index (κ2) is 8.91. The molecule has 1 aromatic carbocycles. The molecule has 5 nitrogen and oxygen atoms in total. The van der Waals surface area contributed by atoms with Crippen molar-refractivity contribution in [2.24, 2.45) is 5.92 Å². The molecule has 6 heteroatoms. The van der Waals surface area contributed by atoms with Crippen LogP contribution in [0.2, 0.25) is 0 Å². The Morgan fingerprint density at radius 3 is 2.73 bits per heavy atom. The van der Waals surface area contributed by atoms with E-state index < -0.39 is 0 Å². The van der Waals surface area contributed by atoms with Crippen LogP contribution < -0.4 is 10.6 Å². The summed E-state index contributed by atoms with van der Waals surface area (Å²) < 4.78 is 0. The predicted octanol–water partition coefficient (Wildman–Crippen LogP) is 2.90. The highest BCUT2D eigenvalue weighted by molar-refractivity contribution is 7.99. The number of nitrogens with one attached hydrogen (secondary N) is 2. The molecule has 2 aliphatic heterocycles. The van der Waals surface area contributed by atoms with Crippen LogP contribution in [0.25, 0.3) is 0 Å². The molecular formula is C20H29N3O2S. The van der Waals surface area contributed by atoms with Gasteiger partial charge in [-0.3, -0.25) is 9.59 Å². The highest BCUT2D eigenvalue weighted by Gasteiger charge is 2.22. The van der Waals surface area contributed by atoms with Gasteiger partial charge in [0.05, 0.1) is 0 Å². The van der Waals surface area contributed by atoms with E-state index in [9.17, 15) is 9.59 Å². The lowest BCUT2D eigenvalue weighted by Crippen LogP contribution is -2.40. The Morgan fingerprint density at radius 2 is 2.08 bits per heavy atom. The Labute approximate surface area is 160 Å². The summed E-state index contributed by atoms with van der Waals surface area (Å²) in [5, 5.41) is 6.38. The minimum absolute atomic E-state index is 0.0252. The predicted molar refractivity (Wildman–Crippen MR) is 108 cm³/mol. The zero-order chi connectivity index (χ0) is 18.5. The number of nitrogens with zero attached hydrogens (tertiary/aromatic N) is 1. The SMILES string of the molecule is Cc1cc(C(=O)N2CCC(C)CC2)ccc1NC(=O)CC1CSCCN1. The van der Waals surface area contributed by atoms with E-state index in [2.05, 4.69) is 17.6 Å². The first kappa shape index (κ1) is 19.2. The zero-order valence-electron chi connectivity index (χ0n) is 15.7.